The Morgan fingerprint density at radius 3 is 2.71 bits per heavy atom. The van der Waals surface area contributed by atoms with Gasteiger partial charge in [-0.3, -0.25) is 4.68 Å². The van der Waals surface area contributed by atoms with E-state index < -0.39 is 0 Å². The van der Waals surface area contributed by atoms with Gasteiger partial charge in [-0.05, 0) is 13.3 Å². The van der Waals surface area contributed by atoms with Gasteiger partial charge in [0.25, 0.3) is 0 Å². The van der Waals surface area contributed by atoms with Gasteiger partial charge in [0.2, 0.25) is 0 Å². The second kappa shape index (κ2) is 5.81. The molecule has 0 unspecified atom stereocenters. The Labute approximate surface area is 86.3 Å². The van der Waals surface area contributed by atoms with Crippen molar-refractivity contribution in [3.05, 3.63) is 17.5 Å². The van der Waals surface area contributed by atoms with Gasteiger partial charge >= 0.3 is 0 Å². The van der Waals surface area contributed by atoms with E-state index in [1.165, 1.54) is 36.9 Å². The van der Waals surface area contributed by atoms with Crippen LogP contribution in [0.1, 0.15) is 43.9 Å². The van der Waals surface area contributed by atoms with E-state index >= 15 is 0 Å². The second-order valence-corrected chi connectivity index (χ2v) is 3.74. The number of nitrogens with zero attached hydrogens (tertiary/aromatic N) is 2. The lowest BCUT2D eigenvalue weighted by molar-refractivity contribution is 0.531. The molecule has 0 saturated heterocycles. The molecule has 3 nitrogen and oxygen atoms in total. The first-order chi connectivity index (χ1) is 6.79. The van der Waals surface area contributed by atoms with E-state index in [0.29, 0.717) is 6.54 Å². The van der Waals surface area contributed by atoms with Crippen LogP contribution >= 0.6 is 0 Å². The molecular weight excluding hydrogens is 174 g/mol. The lowest BCUT2D eigenvalue weighted by Gasteiger charge is -2.04. The summed E-state index contributed by atoms with van der Waals surface area (Å²) in [5.74, 6) is 0. The molecule has 3 heteroatoms. The normalized spacial score (nSPS) is 10.8. The third-order valence-electron chi connectivity index (χ3n) is 2.65. The lowest BCUT2D eigenvalue weighted by atomic mass is 10.2. The molecular formula is C11H21N3. The van der Waals surface area contributed by atoms with Crippen LogP contribution in [0.25, 0.3) is 0 Å². The molecule has 0 radical (unpaired) electrons. The van der Waals surface area contributed by atoms with E-state index in [9.17, 15) is 0 Å². The summed E-state index contributed by atoms with van der Waals surface area (Å²) in [4.78, 5) is 0. The molecule has 1 rings (SSSR count). The van der Waals surface area contributed by atoms with Gasteiger partial charge in [-0.2, -0.15) is 5.10 Å². The minimum atomic E-state index is 0.598. The van der Waals surface area contributed by atoms with Gasteiger partial charge in [0.05, 0.1) is 6.20 Å². The summed E-state index contributed by atoms with van der Waals surface area (Å²) in [5, 5.41) is 4.32. The fourth-order valence-corrected chi connectivity index (χ4v) is 1.60. The lowest BCUT2D eigenvalue weighted by Crippen LogP contribution is -2.04. The minimum Gasteiger partial charge on any atom is -0.326 e. The molecule has 14 heavy (non-hydrogen) atoms. The van der Waals surface area contributed by atoms with Crippen molar-refractivity contribution < 1.29 is 0 Å². The zero-order chi connectivity index (χ0) is 10.4. The maximum Gasteiger partial charge on any atom is 0.0537 e. The monoisotopic (exact) mass is 195 g/mol. The van der Waals surface area contributed by atoms with Gasteiger partial charge in [0, 0.05) is 24.3 Å². The smallest absolute Gasteiger partial charge is 0.0537 e. The predicted octanol–water partition coefficient (Wildman–Crippen LogP) is 2.23. The van der Waals surface area contributed by atoms with E-state index in [-0.39, 0.29) is 0 Å². The van der Waals surface area contributed by atoms with Crippen molar-refractivity contribution in [1.29, 1.82) is 0 Å². The summed E-state index contributed by atoms with van der Waals surface area (Å²) >= 11 is 0. The molecule has 0 amide bonds. The van der Waals surface area contributed by atoms with Crippen LogP contribution in [0.5, 0.6) is 0 Å². The van der Waals surface area contributed by atoms with Crippen molar-refractivity contribution in [2.75, 3.05) is 0 Å². The average molecular weight is 195 g/mol. The summed E-state index contributed by atoms with van der Waals surface area (Å²) in [5.41, 5.74) is 7.98. The highest BCUT2D eigenvalue weighted by molar-refractivity contribution is 5.15. The molecule has 0 fully saturated rings. The molecule has 0 aromatic carbocycles. The first-order valence-corrected chi connectivity index (χ1v) is 5.51. The highest BCUT2D eigenvalue weighted by Crippen LogP contribution is 2.08. The van der Waals surface area contributed by atoms with E-state index in [4.69, 9.17) is 5.73 Å². The second-order valence-electron chi connectivity index (χ2n) is 3.74. The summed E-state index contributed by atoms with van der Waals surface area (Å²) in [7, 11) is 0. The van der Waals surface area contributed by atoms with Crippen LogP contribution in [0, 0.1) is 6.92 Å². The number of aromatic nitrogens is 2. The summed E-state index contributed by atoms with van der Waals surface area (Å²) < 4.78 is 2.07. The Bertz CT molecular complexity index is 265. The molecule has 2 N–H and O–H groups in total. The van der Waals surface area contributed by atoms with Crippen molar-refractivity contribution in [2.24, 2.45) is 5.73 Å². The fourth-order valence-electron chi connectivity index (χ4n) is 1.60. The van der Waals surface area contributed by atoms with Crippen LogP contribution in [0.2, 0.25) is 0 Å². The number of hydrogen-bond donors (Lipinski definition) is 1. The van der Waals surface area contributed by atoms with Crippen molar-refractivity contribution in [2.45, 2.75) is 52.6 Å². The zero-order valence-corrected chi connectivity index (χ0v) is 9.29. The molecule has 1 aromatic rings. The first kappa shape index (κ1) is 11.2. The molecule has 1 heterocycles. The standard InChI is InChI=1S/C11H21N3/c1-3-4-5-6-7-14-10(2)11(8-12)9-13-14/h9H,3-8,12H2,1-2H3. The van der Waals surface area contributed by atoms with Gasteiger partial charge in [0.1, 0.15) is 0 Å². The Morgan fingerprint density at radius 2 is 2.14 bits per heavy atom. The maximum atomic E-state index is 5.59. The van der Waals surface area contributed by atoms with E-state index in [1.54, 1.807) is 0 Å². The number of rotatable bonds is 6. The maximum absolute atomic E-state index is 5.59. The van der Waals surface area contributed by atoms with Crippen LogP contribution in [-0.2, 0) is 13.1 Å². The van der Waals surface area contributed by atoms with Crippen LogP contribution in [0.15, 0.2) is 6.20 Å². The SMILES string of the molecule is CCCCCCn1ncc(CN)c1C. The highest BCUT2D eigenvalue weighted by atomic mass is 15.3. The third kappa shape index (κ3) is 2.84. The van der Waals surface area contributed by atoms with Crippen molar-refractivity contribution >= 4 is 0 Å². The molecule has 1 aromatic heterocycles. The number of hydrogen-bond acceptors (Lipinski definition) is 2. The predicted molar refractivity (Wildman–Crippen MR) is 59.0 cm³/mol. The first-order valence-electron chi connectivity index (χ1n) is 5.51. The van der Waals surface area contributed by atoms with Crippen molar-refractivity contribution in [3.8, 4) is 0 Å². The Morgan fingerprint density at radius 1 is 1.36 bits per heavy atom. The highest BCUT2D eigenvalue weighted by Gasteiger charge is 2.03. The molecule has 0 bridgehead atoms. The van der Waals surface area contributed by atoms with Crippen molar-refractivity contribution in [1.82, 2.24) is 9.78 Å². The van der Waals surface area contributed by atoms with Gasteiger partial charge in [-0.1, -0.05) is 26.2 Å². The van der Waals surface area contributed by atoms with Gasteiger partial charge in [-0.15, -0.1) is 0 Å². The number of nitrogens with two attached hydrogens (primary N) is 1. The molecule has 0 aliphatic heterocycles. The van der Waals surface area contributed by atoms with Gasteiger partial charge in [0.15, 0.2) is 0 Å². The van der Waals surface area contributed by atoms with E-state index in [0.717, 1.165) is 6.54 Å². The average Bonchev–Trinajstić information content (AvgIpc) is 2.55. The molecule has 0 aliphatic carbocycles. The Balaban J connectivity index is 2.39. The van der Waals surface area contributed by atoms with Crippen LogP contribution in [-0.4, -0.2) is 9.78 Å². The molecule has 80 valence electrons. The van der Waals surface area contributed by atoms with E-state index in [1.807, 2.05) is 6.20 Å². The molecule has 0 aliphatic rings. The van der Waals surface area contributed by atoms with Gasteiger partial charge < -0.3 is 5.73 Å². The minimum absolute atomic E-state index is 0.598. The van der Waals surface area contributed by atoms with E-state index in [2.05, 4.69) is 23.6 Å². The molecule has 0 atom stereocenters. The fraction of sp³-hybridized carbons (Fsp3) is 0.727. The molecule has 0 spiro atoms. The quantitative estimate of drug-likeness (QED) is 0.707. The summed E-state index contributed by atoms with van der Waals surface area (Å²) in [6.07, 6.45) is 7.01. The molecule has 0 saturated carbocycles. The van der Waals surface area contributed by atoms with Crippen LogP contribution in [0.3, 0.4) is 0 Å². The largest absolute Gasteiger partial charge is 0.326 e. The number of aryl methyl sites for hydroxylation is 1. The van der Waals surface area contributed by atoms with Gasteiger partial charge in [-0.25, -0.2) is 0 Å². The van der Waals surface area contributed by atoms with Crippen LogP contribution < -0.4 is 5.73 Å². The van der Waals surface area contributed by atoms with Crippen LogP contribution in [0.4, 0.5) is 0 Å². The Hall–Kier alpha value is -0.830. The zero-order valence-electron chi connectivity index (χ0n) is 9.29. The summed E-state index contributed by atoms with van der Waals surface area (Å²) in [6, 6.07) is 0. The summed E-state index contributed by atoms with van der Waals surface area (Å²) in [6.45, 7) is 5.95. The Kier molecular flexibility index (Phi) is 4.66. The third-order valence-corrected chi connectivity index (χ3v) is 2.65. The topological polar surface area (TPSA) is 43.8 Å². The number of unbranched alkanes of at least 4 members (excludes halogenated alkanes) is 3. The van der Waals surface area contributed by atoms with Crippen molar-refractivity contribution in [3.63, 3.8) is 0 Å².